The zero-order valence-electron chi connectivity index (χ0n) is 8.29. The molecule has 0 aromatic carbocycles. The van der Waals surface area contributed by atoms with E-state index in [0.717, 1.165) is 19.6 Å². The SMILES string of the molecule is CC(C)N1CCN[C@H](CC(=O)O)C1. The summed E-state index contributed by atoms with van der Waals surface area (Å²) < 4.78 is 0. The summed E-state index contributed by atoms with van der Waals surface area (Å²) in [6.45, 7) is 7.06. The second-order valence-corrected chi connectivity index (χ2v) is 3.84. The molecule has 1 heterocycles. The Morgan fingerprint density at radius 1 is 1.69 bits per heavy atom. The summed E-state index contributed by atoms with van der Waals surface area (Å²) in [5.74, 6) is -0.719. The van der Waals surface area contributed by atoms with E-state index in [1.807, 2.05) is 0 Å². The van der Waals surface area contributed by atoms with Gasteiger partial charge >= 0.3 is 5.97 Å². The van der Waals surface area contributed by atoms with Crippen LogP contribution in [0.15, 0.2) is 0 Å². The number of nitrogens with zero attached hydrogens (tertiary/aromatic N) is 1. The predicted molar refractivity (Wildman–Crippen MR) is 50.8 cm³/mol. The lowest BCUT2D eigenvalue weighted by atomic mass is 10.1. The minimum atomic E-state index is -0.719. The molecule has 1 aliphatic heterocycles. The first kappa shape index (κ1) is 10.5. The van der Waals surface area contributed by atoms with E-state index in [1.165, 1.54) is 0 Å². The number of hydrogen-bond acceptors (Lipinski definition) is 3. The Morgan fingerprint density at radius 3 is 2.92 bits per heavy atom. The van der Waals surface area contributed by atoms with Crippen molar-refractivity contribution in [1.29, 1.82) is 0 Å². The number of carboxylic acids is 1. The van der Waals surface area contributed by atoms with E-state index in [1.54, 1.807) is 0 Å². The van der Waals surface area contributed by atoms with Crippen LogP contribution in [0.5, 0.6) is 0 Å². The van der Waals surface area contributed by atoms with Gasteiger partial charge in [-0.1, -0.05) is 0 Å². The maximum absolute atomic E-state index is 10.5. The summed E-state index contributed by atoms with van der Waals surface area (Å²) in [4.78, 5) is 12.8. The average molecular weight is 186 g/mol. The molecule has 13 heavy (non-hydrogen) atoms. The molecule has 0 saturated carbocycles. The summed E-state index contributed by atoms with van der Waals surface area (Å²) in [5, 5.41) is 11.8. The van der Waals surface area contributed by atoms with E-state index >= 15 is 0 Å². The molecule has 1 saturated heterocycles. The van der Waals surface area contributed by atoms with E-state index in [-0.39, 0.29) is 12.5 Å². The quantitative estimate of drug-likeness (QED) is 0.658. The molecule has 0 aromatic rings. The molecule has 1 aliphatic rings. The van der Waals surface area contributed by atoms with Gasteiger partial charge in [0.05, 0.1) is 6.42 Å². The summed E-state index contributed by atoms with van der Waals surface area (Å²) in [5.41, 5.74) is 0. The van der Waals surface area contributed by atoms with Crippen LogP contribution in [0.2, 0.25) is 0 Å². The smallest absolute Gasteiger partial charge is 0.304 e. The fraction of sp³-hybridized carbons (Fsp3) is 0.889. The van der Waals surface area contributed by atoms with Crippen LogP contribution in [-0.2, 0) is 4.79 Å². The lowest BCUT2D eigenvalue weighted by Gasteiger charge is -2.35. The summed E-state index contributed by atoms with van der Waals surface area (Å²) in [6.07, 6.45) is 0.225. The third kappa shape index (κ3) is 3.32. The van der Waals surface area contributed by atoms with Crippen molar-refractivity contribution in [3.05, 3.63) is 0 Å². The van der Waals surface area contributed by atoms with Crippen LogP contribution in [0.3, 0.4) is 0 Å². The maximum atomic E-state index is 10.5. The van der Waals surface area contributed by atoms with Gasteiger partial charge in [0, 0.05) is 31.7 Å². The van der Waals surface area contributed by atoms with Crippen LogP contribution in [0.1, 0.15) is 20.3 Å². The molecule has 4 heteroatoms. The maximum Gasteiger partial charge on any atom is 0.304 e. The lowest BCUT2D eigenvalue weighted by molar-refractivity contribution is -0.137. The number of nitrogens with one attached hydrogen (secondary N) is 1. The van der Waals surface area contributed by atoms with Gasteiger partial charge in [0.25, 0.3) is 0 Å². The molecule has 0 radical (unpaired) electrons. The van der Waals surface area contributed by atoms with Crippen molar-refractivity contribution in [3.8, 4) is 0 Å². The average Bonchev–Trinajstić information content (AvgIpc) is 2.03. The Balaban J connectivity index is 2.37. The van der Waals surface area contributed by atoms with E-state index in [2.05, 4.69) is 24.1 Å². The van der Waals surface area contributed by atoms with Gasteiger partial charge in [0.2, 0.25) is 0 Å². The van der Waals surface area contributed by atoms with Gasteiger partial charge in [-0.25, -0.2) is 0 Å². The standard InChI is InChI=1S/C9H18N2O2/c1-7(2)11-4-3-10-8(6-11)5-9(12)13/h7-8,10H,3-6H2,1-2H3,(H,12,13)/t8-/m1/s1. The zero-order valence-corrected chi connectivity index (χ0v) is 8.29. The predicted octanol–water partition coefficient (Wildman–Crippen LogP) is 0.143. The highest BCUT2D eigenvalue weighted by Gasteiger charge is 2.22. The Hall–Kier alpha value is -0.610. The molecule has 0 bridgehead atoms. The fourth-order valence-electron chi connectivity index (χ4n) is 1.67. The van der Waals surface area contributed by atoms with Gasteiger partial charge in [-0.3, -0.25) is 9.69 Å². The third-order valence-electron chi connectivity index (χ3n) is 2.44. The molecule has 0 aromatic heterocycles. The van der Waals surface area contributed by atoms with E-state index in [0.29, 0.717) is 6.04 Å². The largest absolute Gasteiger partial charge is 0.481 e. The highest BCUT2D eigenvalue weighted by molar-refractivity contribution is 5.67. The van der Waals surface area contributed by atoms with Gasteiger partial charge in [0.1, 0.15) is 0 Å². The second kappa shape index (κ2) is 4.58. The molecule has 0 unspecified atom stereocenters. The second-order valence-electron chi connectivity index (χ2n) is 3.84. The Labute approximate surface area is 78.9 Å². The molecule has 0 spiro atoms. The number of piperazine rings is 1. The minimum absolute atomic E-state index is 0.119. The van der Waals surface area contributed by atoms with Gasteiger partial charge in [-0.05, 0) is 13.8 Å². The van der Waals surface area contributed by atoms with Crippen molar-refractivity contribution in [2.75, 3.05) is 19.6 Å². The fourth-order valence-corrected chi connectivity index (χ4v) is 1.67. The van der Waals surface area contributed by atoms with Crippen molar-refractivity contribution in [2.45, 2.75) is 32.4 Å². The third-order valence-corrected chi connectivity index (χ3v) is 2.44. The topological polar surface area (TPSA) is 52.6 Å². The molecule has 0 amide bonds. The van der Waals surface area contributed by atoms with Crippen LogP contribution < -0.4 is 5.32 Å². The normalized spacial score (nSPS) is 25.0. The number of carbonyl (C=O) groups is 1. The Morgan fingerprint density at radius 2 is 2.38 bits per heavy atom. The molecular formula is C9H18N2O2. The lowest BCUT2D eigenvalue weighted by Crippen LogP contribution is -2.53. The van der Waals surface area contributed by atoms with E-state index in [4.69, 9.17) is 5.11 Å². The highest BCUT2D eigenvalue weighted by Crippen LogP contribution is 2.06. The monoisotopic (exact) mass is 186 g/mol. The number of rotatable bonds is 3. The van der Waals surface area contributed by atoms with Gasteiger partial charge in [-0.15, -0.1) is 0 Å². The van der Waals surface area contributed by atoms with Gasteiger partial charge in [0.15, 0.2) is 0 Å². The molecule has 1 fully saturated rings. The first-order valence-corrected chi connectivity index (χ1v) is 4.79. The van der Waals surface area contributed by atoms with Crippen molar-refractivity contribution in [1.82, 2.24) is 10.2 Å². The first-order chi connectivity index (χ1) is 6.09. The summed E-state index contributed by atoms with van der Waals surface area (Å²) in [7, 11) is 0. The molecule has 1 atom stereocenters. The molecule has 0 aliphatic carbocycles. The number of aliphatic carboxylic acids is 1. The van der Waals surface area contributed by atoms with E-state index < -0.39 is 5.97 Å². The van der Waals surface area contributed by atoms with Crippen LogP contribution >= 0.6 is 0 Å². The molecular weight excluding hydrogens is 168 g/mol. The van der Waals surface area contributed by atoms with Crippen LogP contribution in [0.4, 0.5) is 0 Å². The van der Waals surface area contributed by atoms with E-state index in [9.17, 15) is 4.79 Å². The summed E-state index contributed by atoms with van der Waals surface area (Å²) in [6, 6.07) is 0.632. The highest BCUT2D eigenvalue weighted by atomic mass is 16.4. The first-order valence-electron chi connectivity index (χ1n) is 4.79. The van der Waals surface area contributed by atoms with Gasteiger partial charge < -0.3 is 10.4 Å². The van der Waals surface area contributed by atoms with Crippen molar-refractivity contribution >= 4 is 5.97 Å². The van der Waals surface area contributed by atoms with Crippen molar-refractivity contribution in [3.63, 3.8) is 0 Å². The van der Waals surface area contributed by atoms with Crippen molar-refractivity contribution < 1.29 is 9.90 Å². The summed E-state index contributed by atoms with van der Waals surface area (Å²) >= 11 is 0. The van der Waals surface area contributed by atoms with Gasteiger partial charge in [-0.2, -0.15) is 0 Å². The Bertz CT molecular complexity index is 182. The van der Waals surface area contributed by atoms with Crippen LogP contribution in [0, 0.1) is 0 Å². The number of carboxylic acid groups (broad SMARTS) is 1. The molecule has 4 nitrogen and oxygen atoms in total. The Kier molecular flexibility index (Phi) is 3.69. The van der Waals surface area contributed by atoms with Crippen molar-refractivity contribution in [2.24, 2.45) is 0 Å². The molecule has 1 rings (SSSR count). The molecule has 2 N–H and O–H groups in total. The van der Waals surface area contributed by atoms with Crippen LogP contribution in [0.25, 0.3) is 0 Å². The zero-order chi connectivity index (χ0) is 9.84. The number of hydrogen-bond donors (Lipinski definition) is 2. The minimum Gasteiger partial charge on any atom is -0.481 e. The van der Waals surface area contributed by atoms with Crippen LogP contribution in [-0.4, -0.2) is 47.7 Å². The molecule has 76 valence electrons.